The minimum Gasteiger partial charge on any atom is -0.383 e. The predicted octanol–water partition coefficient (Wildman–Crippen LogP) is 0.912. The largest absolute Gasteiger partial charge is 0.383 e. The molecular formula is C9H14N4OS. The van der Waals surface area contributed by atoms with Crippen molar-refractivity contribution >= 4 is 23.5 Å². The summed E-state index contributed by atoms with van der Waals surface area (Å²) in [5, 5.41) is 1.40. The van der Waals surface area contributed by atoms with Crippen LogP contribution in [0.15, 0.2) is 11.1 Å². The van der Waals surface area contributed by atoms with Crippen LogP contribution in [0.2, 0.25) is 0 Å². The van der Waals surface area contributed by atoms with E-state index in [1.54, 1.807) is 17.8 Å². The number of nitrogen functional groups attached to an aromatic ring is 2. The number of nitrogens with two attached hydrogens (primary N) is 2. The van der Waals surface area contributed by atoms with Crippen LogP contribution in [0.5, 0.6) is 0 Å². The van der Waals surface area contributed by atoms with Crippen LogP contribution in [-0.4, -0.2) is 28.4 Å². The van der Waals surface area contributed by atoms with Crippen LogP contribution in [0.25, 0.3) is 0 Å². The minimum absolute atomic E-state index is 0.240. The zero-order valence-electron chi connectivity index (χ0n) is 8.35. The van der Waals surface area contributed by atoms with Gasteiger partial charge in [0.25, 0.3) is 0 Å². The topological polar surface area (TPSA) is 87.0 Å². The van der Waals surface area contributed by atoms with Gasteiger partial charge >= 0.3 is 0 Å². The number of anilines is 2. The Kier molecular flexibility index (Phi) is 3.27. The summed E-state index contributed by atoms with van der Waals surface area (Å²) in [4.78, 5) is 7.97. The molecule has 5 nitrogen and oxygen atoms in total. The monoisotopic (exact) mass is 226 g/mol. The number of nitrogens with zero attached hydrogens (tertiary/aromatic N) is 2. The molecule has 1 aromatic rings. The van der Waals surface area contributed by atoms with E-state index in [1.807, 2.05) is 0 Å². The average molecular weight is 226 g/mol. The molecule has 0 bridgehead atoms. The van der Waals surface area contributed by atoms with E-state index in [2.05, 4.69) is 9.97 Å². The Morgan fingerprint density at radius 2 is 2.00 bits per heavy atom. The summed E-state index contributed by atoms with van der Waals surface area (Å²) in [5.74, 6) is 0.668. The Morgan fingerprint density at radius 1 is 1.27 bits per heavy atom. The highest BCUT2D eigenvalue weighted by Gasteiger charge is 2.16. The van der Waals surface area contributed by atoms with Gasteiger partial charge in [-0.2, -0.15) is 4.98 Å². The van der Waals surface area contributed by atoms with Gasteiger partial charge in [-0.05, 0) is 12.8 Å². The molecule has 6 heteroatoms. The highest BCUT2D eigenvalue weighted by molar-refractivity contribution is 7.99. The Bertz CT molecular complexity index is 321. The average Bonchev–Trinajstić information content (AvgIpc) is 2.17. The molecule has 1 saturated heterocycles. The molecule has 1 aromatic heterocycles. The Balaban J connectivity index is 2.02. The van der Waals surface area contributed by atoms with E-state index in [0.717, 1.165) is 31.1 Å². The lowest BCUT2D eigenvalue weighted by Crippen LogP contribution is -2.17. The predicted molar refractivity (Wildman–Crippen MR) is 60.6 cm³/mol. The van der Waals surface area contributed by atoms with E-state index < -0.39 is 0 Å². The summed E-state index contributed by atoms with van der Waals surface area (Å²) in [7, 11) is 0. The van der Waals surface area contributed by atoms with Crippen molar-refractivity contribution in [1.29, 1.82) is 0 Å². The molecule has 0 saturated carbocycles. The summed E-state index contributed by atoms with van der Waals surface area (Å²) in [6, 6.07) is 1.76. The first kappa shape index (κ1) is 10.5. The molecule has 1 aliphatic rings. The first-order chi connectivity index (χ1) is 7.24. The molecule has 0 unspecified atom stereocenters. The first-order valence-electron chi connectivity index (χ1n) is 4.88. The summed E-state index contributed by atoms with van der Waals surface area (Å²) in [5.41, 5.74) is 11.1. The van der Waals surface area contributed by atoms with Crippen LogP contribution < -0.4 is 11.5 Å². The molecule has 15 heavy (non-hydrogen) atoms. The maximum atomic E-state index is 5.60. The lowest BCUT2D eigenvalue weighted by molar-refractivity contribution is 0.1000. The van der Waals surface area contributed by atoms with Gasteiger partial charge in [0.1, 0.15) is 10.8 Å². The fraction of sp³-hybridized carbons (Fsp3) is 0.556. The molecule has 1 aliphatic heterocycles. The van der Waals surface area contributed by atoms with Crippen LogP contribution in [-0.2, 0) is 4.74 Å². The van der Waals surface area contributed by atoms with Gasteiger partial charge < -0.3 is 16.2 Å². The molecule has 0 radical (unpaired) electrons. The molecular weight excluding hydrogens is 212 g/mol. The number of rotatable bonds is 2. The third kappa shape index (κ3) is 2.97. The Labute approximate surface area is 92.6 Å². The SMILES string of the molecule is Nc1cc(SC2CCOCC2)nc(N)n1. The number of aromatic nitrogens is 2. The van der Waals surface area contributed by atoms with Crippen molar-refractivity contribution in [3.05, 3.63) is 6.07 Å². The second-order valence-corrected chi connectivity index (χ2v) is 4.74. The van der Waals surface area contributed by atoms with Crippen molar-refractivity contribution in [3.8, 4) is 0 Å². The lowest BCUT2D eigenvalue weighted by atomic mass is 10.2. The van der Waals surface area contributed by atoms with Gasteiger partial charge in [0.05, 0.1) is 0 Å². The van der Waals surface area contributed by atoms with Crippen molar-refractivity contribution in [2.24, 2.45) is 0 Å². The zero-order chi connectivity index (χ0) is 10.7. The molecule has 2 heterocycles. The van der Waals surface area contributed by atoms with E-state index in [4.69, 9.17) is 16.2 Å². The van der Waals surface area contributed by atoms with E-state index in [1.165, 1.54) is 0 Å². The number of hydrogen-bond donors (Lipinski definition) is 2. The molecule has 0 aromatic carbocycles. The van der Waals surface area contributed by atoms with Crippen molar-refractivity contribution in [1.82, 2.24) is 9.97 Å². The second kappa shape index (κ2) is 4.67. The standard InChI is InChI=1S/C9H14N4OS/c10-7-5-8(13-9(11)12-7)15-6-1-3-14-4-2-6/h5-6H,1-4H2,(H4,10,11,12,13). The van der Waals surface area contributed by atoms with Crippen LogP contribution in [0.1, 0.15) is 12.8 Å². The Morgan fingerprint density at radius 3 is 2.67 bits per heavy atom. The van der Waals surface area contributed by atoms with E-state index in [0.29, 0.717) is 11.1 Å². The van der Waals surface area contributed by atoms with Gasteiger partial charge in [0, 0.05) is 24.5 Å². The van der Waals surface area contributed by atoms with Gasteiger partial charge in [0.15, 0.2) is 0 Å². The van der Waals surface area contributed by atoms with Crippen molar-refractivity contribution in [3.63, 3.8) is 0 Å². The highest BCUT2D eigenvalue weighted by atomic mass is 32.2. The van der Waals surface area contributed by atoms with Gasteiger partial charge in [-0.3, -0.25) is 0 Å². The second-order valence-electron chi connectivity index (χ2n) is 3.42. The smallest absolute Gasteiger partial charge is 0.223 e. The molecule has 0 spiro atoms. The van der Waals surface area contributed by atoms with Gasteiger partial charge in [0.2, 0.25) is 5.95 Å². The number of hydrogen-bond acceptors (Lipinski definition) is 6. The van der Waals surface area contributed by atoms with Crippen molar-refractivity contribution in [2.75, 3.05) is 24.7 Å². The van der Waals surface area contributed by atoms with Crippen molar-refractivity contribution < 1.29 is 4.74 Å². The van der Waals surface area contributed by atoms with E-state index >= 15 is 0 Å². The van der Waals surface area contributed by atoms with Crippen LogP contribution in [0.3, 0.4) is 0 Å². The van der Waals surface area contributed by atoms with Gasteiger partial charge in [-0.1, -0.05) is 0 Å². The highest BCUT2D eigenvalue weighted by Crippen LogP contribution is 2.29. The molecule has 82 valence electrons. The number of ether oxygens (including phenoxy) is 1. The van der Waals surface area contributed by atoms with E-state index in [9.17, 15) is 0 Å². The quantitative estimate of drug-likeness (QED) is 0.729. The lowest BCUT2D eigenvalue weighted by Gasteiger charge is -2.20. The van der Waals surface area contributed by atoms with Crippen LogP contribution in [0.4, 0.5) is 11.8 Å². The molecule has 2 rings (SSSR count). The van der Waals surface area contributed by atoms with Gasteiger partial charge in [-0.15, -0.1) is 11.8 Å². The fourth-order valence-corrected chi connectivity index (χ4v) is 2.59. The van der Waals surface area contributed by atoms with Crippen LogP contribution in [0, 0.1) is 0 Å². The molecule has 4 N–H and O–H groups in total. The summed E-state index contributed by atoms with van der Waals surface area (Å²) in [6.45, 7) is 1.65. The zero-order valence-corrected chi connectivity index (χ0v) is 9.17. The molecule has 0 amide bonds. The maximum Gasteiger partial charge on any atom is 0.223 e. The summed E-state index contributed by atoms with van der Waals surface area (Å²) < 4.78 is 5.29. The number of thioether (sulfide) groups is 1. The summed E-state index contributed by atoms with van der Waals surface area (Å²) >= 11 is 1.70. The van der Waals surface area contributed by atoms with E-state index in [-0.39, 0.29) is 5.95 Å². The maximum absolute atomic E-state index is 5.60. The third-order valence-corrected chi connectivity index (χ3v) is 3.45. The van der Waals surface area contributed by atoms with Crippen LogP contribution >= 0.6 is 11.8 Å². The first-order valence-corrected chi connectivity index (χ1v) is 5.76. The Hall–Kier alpha value is -1.01. The third-order valence-electron chi connectivity index (χ3n) is 2.20. The molecule has 0 aliphatic carbocycles. The van der Waals surface area contributed by atoms with Gasteiger partial charge in [-0.25, -0.2) is 4.98 Å². The summed E-state index contributed by atoms with van der Waals surface area (Å²) in [6.07, 6.45) is 2.10. The fourth-order valence-electron chi connectivity index (χ4n) is 1.49. The van der Waals surface area contributed by atoms with Crippen molar-refractivity contribution in [2.45, 2.75) is 23.1 Å². The molecule has 0 atom stereocenters. The normalized spacial score (nSPS) is 17.9. The minimum atomic E-state index is 0.240. The molecule has 1 fully saturated rings.